The van der Waals surface area contributed by atoms with E-state index in [0.29, 0.717) is 30.6 Å². The van der Waals surface area contributed by atoms with Gasteiger partial charge in [0.25, 0.3) is 5.56 Å². The second-order valence-electron chi connectivity index (χ2n) is 8.88. The summed E-state index contributed by atoms with van der Waals surface area (Å²) in [6.45, 7) is 10.4. The highest BCUT2D eigenvalue weighted by atomic mass is 19.1. The zero-order valence-electron chi connectivity index (χ0n) is 18.3. The van der Waals surface area contributed by atoms with Crippen molar-refractivity contribution in [3.05, 3.63) is 75.6 Å². The van der Waals surface area contributed by atoms with Gasteiger partial charge in [-0.1, -0.05) is 19.1 Å². The highest BCUT2D eigenvalue weighted by molar-refractivity contribution is 5.65. The maximum Gasteiger partial charge on any atom is 0.296 e. The van der Waals surface area contributed by atoms with Crippen molar-refractivity contribution < 1.29 is 8.78 Å². The van der Waals surface area contributed by atoms with Crippen molar-refractivity contribution in [1.82, 2.24) is 14.5 Å². The molecule has 0 spiro atoms. The first-order valence-electron chi connectivity index (χ1n) is 11.2. The summed E-state index contributed by atoms with van der Waals surface area (Å²) in [4.78, 5) is 27.2. The molecule has 2 fully saturated rings. The summed E-state index contributed by atoms with van der Waals surface area (Å²) >= 11 is 0. The topological polar surface area (TPSA) is 55.4 Å². The molecule has 8 heteroatoms. The van der Waals surface area contributed by atoms with E-state index >= 15 is 4.39 Å². The first-order valence-corrected chi connectivity index (χ1v) is 11.2. The first kappa shape index (κ1) is 21.3. The van der Waals surface area contributed by atoms with Crippen LogP contribution in [0, 0.1) is 24.1 Å². The number of hydrogen-bond donors (Lipinski definition) is 0. The van der Waals surface area contributed by atoms with E-state index < -0.39 is 17.2 Å². The number of rotatable bonds is 4. The SMILES string of the molecule is [C-]#[N+]c1ccc(-c2nc(N3CCC(C)CC3)c(F)c(=O)n2-c2ccc(C3CC3)nc2)cc1F. The van der Waals surface area contributed by atoms with Crippen LogP contribution in [0.1, 0.15) is 44.2 Å². The molecule has 2 aromatic heterocycles. The molecule has 168 valence electrons. The predicted octanol–water partition coefficient (Wildman–Crippen LogP) is 5.24. The van der Waals surface area contributed by atoms with Gasteiger partial charge in [-0.2, -0.15) is 4.39 Å². The Labute approximate surface area is 190 Å². The Hall–Kier alpha value is -3.60. The van der Waals surface area contributed by atoms with E-state index in [1.807, 2.05) is 6.07 Å². The van der Waals surface area contributed by atoms with Gasteiger partial charge in [0.2, 0.25) is 11.5 Å². The Kier molecular flexibility index (Phi) is 5.41. The van der Waals surface area contributed by atoms with Crippen LogP contribution < -0.4 is 10.5 Å². The molecule has 3 aromatic rings. The molecule has 6 nitrogen and oxygen atoms in total. The fraction of sp³-hybridized carbons (Fsp3) is 0.360. The van der Waals surface area contributed by atoms with Crippen molar-refractivity contribution in [2.24, 2.45) is 5.92 Å². The molecule has 0 amide bonds. The lowest BCUT2D eigenvalue weighted by Gasteiger charge is -2.31. The molecule has 1 saturated heterocycles. The van der Waals surface area contributed by atoms with Crippen LogP contribution in [-0.2, 0) is 0 Å². The van der Waals surface area contributed by atoms with Crippen molar-refractivity contribution in [2.45, 2.75) is 38.5 Å². The second-order valence-corrected chi connectivity index (χ2v) is 8.88. The van der Waals surface area contributed by atoms with Gasteiger partial charge >= 0.3 is 0 Å². The third-order valence-electron chi connectivity index (χ3n) is 6.44. The van der Waals surface area contributed by atoms with Gasteiger partial charge in [-0.3, -0.25) is 14.3 Å². The number of halogens is 2. The molecular formula is C25H23F2N5O. The minimum atomic E-state index is -0.933. The Balaban J connectivity index is 1.68. The van der Waals surface area contributed by atoms with Crippen LogP contribution in [0.2, 0.25) is 0 Å². The fourth-order valence-electron chi connectivity index (χ4n) is 4.24. The van der Waals surface area contributed by atoms with Crippen molar-refractivity contribution >= 4 is 11.5 Å². The minimum Gasteiger partial charge on any atom is -0.354 e. The summed E-state index contributed by atoms with van der Waals surface area (Å²) in [5, 5.41) is 0. The highest BCUT2D eigenvalue weighted by Gasteiger charge is 2.27. The number of anilines is 1. The van der Waals surface area contributed by atoms with E-state index in [1.165, 1.54) is 18.3 Å². The Bertz CT molecular complexity index is 1300. The molecule has 0 bridgehead atoms. The van der Waals surface area contributed by atoms with E-state index in [2.05, 4.69) is 21.7 Å². The van der Waals surface area contributed by atoms with Gasteiger partial charge in [0.15, 0.2) is 5.82 Å². The Morgan fingerprint density at radius 3 is 2.45 bits per heavy atom. The summed E-state index contributed by atoms with van der Waals surface area (Å²) in [6, 6.07) is 7.59. The Morgan fingerprint density at radius 2 is 1.85 bits per heavy atom. The molecule has 2 aliphatic rings. The van der Waals surface area contributed by atoms with Gasteiger partial charge in [-0.25, -0.2) is 14.2 Å². The number of hydrogen-bond acceptors (Lipinski definition) is 4. The van der Waals surface area contributed by atoms with Crippen LogP contribution in [0.15, 0.2) is 41.3 Å². The number of nitrogens with zero attached hydrogens (tertiary/aromatic N) is 5. The average Bonchev–Trinajstić information content (AvgIpc) is 3.67. The first-order chi connectivity index (χ1) is 16.0. The molecular weight excluding hydrogens is 424 g/mol. The summed E-state index contributed by atoms with van der Waals surface area (Å²) in [7, 11) is 0. The van der Waals surface area contributed by atoms with Gasteiger partial charge in [0.1, 0.15) is 11.6 Å². The quantitative estimate of drug-likeness (QED) is 0.514. The van der Waals surface area contributed by atoms with Crippen molar-refractivity contribution in [3.8, 4) is 17.1 Å². The van der Waals surface area contributed by atoms with Gasteiger partial charge in [-0.05, 0) is 49.8 Å². The number of aromatic nitrogens is 3. The van der Waals surface area contributed by atoms with Crippen LogP contribution in [0.25, 0.3) is 21.9 Å². The lowest BCUT2D eigenvalue weighted by Crippen LogP contribution is -2.37. The molecule has 1 saturated carbocycles. The summed E-state index contributed by atoms with van der Waals surface area (Å²) in [6.07, 6.45) is 5.46. The predicted molar refractivity (Wildman–Crippen MR) is 122 cm³/mol. The molecule has 5 rings (SSSR count). The highest BCUT2D eigenvalue weighted by Crippen LogP contribution is 2.39. The van der Waals surface area contributed by atoms with E-state index in [0.717, 1.165) is 42.0 Å². The lowest BCUT2D eigenvalue weighted by molar-refractivity contribution is 0.431. The number of piperidine rings is 1. The molecule has 33 heavy (non-hydrogen) atoms. The largest absolute Gasteiger partial charge is 0.354 e. The molecule has 3 heterocycles. The van der Waals surface area contributed by atoms with Gasteiger partial charge < -0.3 is 4.90 Å². The number of benzene rings is 1. The van der Waals surface area contributed by atoms with Crippen LogP contribution >= 0.6 is 0 Å². The Morgan fingerprint density at radius 1 is 1.09 bits per heavy atom. The third-order valence-corrected chi connectivity index (χ3v) is 6.44. The minimum absolute atomic E-state index is 0.0182. The molecule has 0 atom stereocenters. The van der Waals surface area contributed by atoms with Crippen LogP contribution in [0.3, 0.4) is 0 Å². The molecule has 0 N–H and O–H groups in total. The monoisotopic (exact) mass is 447 g/mol. The summed E-state index contributed by atoms with van der Waals surface area (Å²) < 4.78 is 31.0. The zero-order valence-corrected chi connectivity index (χ0v) is 18.3. The average molecular weight is 447 g/mol. The van der Waals surface area contributed by atoms with E-state index in [4.69, 9.17) is 6.57 Å². The smallest absolute Gasteiger partial charge is 0.296 e. The maximum absolute atomic E-state index is 15.4. The van der Waals surface area contributed by atoms with Crippen molar-refractivity contribution in [1.29, 1.82) is 0 Å². The summed E-state index contributed by atoms with van der Waals surface area (Å²) in [5.41, 5.74) is 0.599. The molecule has 0 unspecified atom stereocenters. The standard InChI is InChI=1S/C25H23F2N5O/c1-15-9-11-31(12-10-15)24-22(27)25(33)32(18-6-8-20(29-14-18)16-3-4-16)23(30-24)17-5-7-21(28-2)19(26)13-17/h5-8,13-16H,3-4,9-12H2,1H3. The third kappa shape index (κ3) is 3.99. The van der Waals surface area contributed by atoms with Crippen LogP contribution in [0.4, 0.5) is 20.3 Å². The normalized spacial score (nSPS) is 16.6. The lowest BCUT2D eigenvalue weighted by atomic mass is 9.99. The van der Waals surface area contributed by atoms with E-state index in [1.54, 1.807) is 11.0 Å². The second kappa shape index (κ2) is 8.39. The van der Waals surface area contributed by atoms with Gasteiger partial charge in [-0.15, -0.1) is 0 Å². The van der Waals surface area contributed by atoms with E-state index in [-0.39, 0.29) is 22.9 Å². The maximum atomic E-state index is 15.4. The van der Waals surface area contributed by atoms with Crippen LogP contribution in [0.5, 0.6) is 0 Å². The van der Waals surface area contributed by atoms with E-state index in [9.17, 15) is 9.18 Å². The number of pyridine rings is 1. The molecule has 1 aromatic carbocycles. The van der Waals surface area contributed by atoms with Crippen LogP contribution in [-0.4, -0.2) is 27.6 Å². The van der Waals surface area contributed by atoms with Gasteiger partial charge in [0, 0.05) is 30.3 Å². The summed E-state index contributed by atoms with van der Waals surface area (Å²) in [5.74, 6) is -0.595. The zero-order chi connectivity index (χ0) is 23.1. The molecule has 0 radical (unpaired) electrons. The molecule has 1 aliphatic carbocycles. The van der Waals surface area contributed by atoms with Gasteiger partial charge in [0.05, 0.1) is 18.5 Å². The van der Waals surface area contributed by atoms with Crippen molar-refractivity contribution in [2.75, 3.05) is 18.0 Å². The fourth-order valence-corrected chi connectivity index (χ4v) is 4.24. The molecule has 1 aliphatic heterocycles. The van der Waals surface area contributed by atoms with Crippen molar-refractivity contribution in [3.63, 3.8) is 0 Å².